The molecule has 2 rings (SSSR count). The molecule has 19 heavy (non-hydrogen) atoms. The van der Waals surface area contributed by atoms with E-state index in [9.17, 15) is 17.1 Å². The van der Waals surface area contributed by atoms with E-state index in [0.717, 1.165) is 0 Å². The standard InChI is InChI=1S/C10H9ClFIN2O3S/c11-7-2-14-3-8(13)10(7)15-4-6(1-9(15)16)5-19(12,17)18/h2-3,6H,1,4-5H2. The first-order chi connectivity index (χ1) is 8.78. The fourth-order valence-electron chi connectivity index (χ4n) is 2.05. The lowest BCUT2D eigenvalue weighted by Gasteiger charge is -2.19. The highest BCUT2D eigenvalue weighted by Crippen LogP contribution is 2.34. The van der Waals surface area contributed by atoms with Crippen LogP contribution in [-0.4, -0.2) is 31.6 Å². The molecular formula is C10H9ClFIN2O3S. The van der Waals surface area contributed by atoms with Crippen LogP contribution in [0.25, 0.3) is 0 Å². The molecule has 1 fully saturated rings. The molecule has 1 atom stereocenters. The Morgan fingerprint density at radius 3 is 2.79 bits per heavy atom. The van der Waals surface area contributed by atoms with Gasteiger partial charge in [0.05, 0.1) is 20.0 Å². The predicted molar refractivity (Wildman–Crippen MR) is 77.3 cm³/mol. The highest BCUT2D eigenvalue weighted by atomic mass is 127. The van der Waals surface area contributed by atoms with Gasteiger partial charge in [0.25, 0.3) is 0 Å². The Hall–Kier alpha value is -0.480. The van der Waals surface area contributed by atoms with Crippen LogP contribution < -0.4 is 4.90 Å². The van der Waals surface area contributed by atoms with E-state index in [1.54, 1.807) is 6.20 Å². The van der Waals surface area contributed by atoms with Gasteiger partial charge in [-0.05, 0) is 22.6 Å². The zero-order valence-electron chi connectivity index (χ0n) is 9.51. The monoisotopic (exact) mass is 418 g/mol. The number of hydrogen-bond donors (Lipinski definition) is 0. The Labute approximate surface area is 128 Å². The molecule has 0 spiro atoms. The van der Waals surface area contributed by atoms with Crippen LogP contribution in [0.3, 0.4) is 0 Å². The van der Waals surface area contributed by atoms with Crippen molar-refractivity contribution in [1.82, 2.24) is 4.98 Å². The van der Waals surface area contributed by atoms with E-state index < -0.39 is 21.9 Å². The fourth-order valence-corrected chi connectivity index (χ4v) is 4.00. The van der Waals surface area contributed by atoms with E-state index in [0.29, 0.717) is 14.3 Å². The molecule has 104 valence electrons. The maximum Gasteiger partial charge on any atom is 0.302 e. The molecule has 0 radical (unpaired) electrons. The third-order valence-corrected chi connectivity index (χ3v) is 4.67. The van der Waals surface area contributed by atoms with Gasteiger partial charge in [0, 0.05) is 31.3 Å². The minimum absolute atomic E-state index is 0.00210. The fraction of sp³-hybridized carbons (Fsp3) is 0.400. The summed E-state index contributed by atoms with van der Waals surface area (Å²) in [7, 11) is -4.58. The molecule has 1 aromatic heterocycles. The minimum Gasteiger partial charge on any atom is -0.310 e. The van der Waals surface area contributed by atoms with E-state index in [1.165, 1.54) is 11.1 Å². The first kappa shape index (κ1) is 14.9. The van der Waals surface area contributed by atoms with Crippen LogP contribution in [0.1, 0.15) is 6.42 Å². The van der Waals surface area contributed by atoms with Gasteiger partial charge in [0.1, 0.15) is 0 Å². The second-order valence-electron chi connectivity index (χ2n) is 4.23. The van der Waals surface area contributed by atoms with Crippen LogP contribution >= 0.6 is 34.2 Å². The molecule has 1 amide bonds. The van der Waals surface area contributed by atoms with Crippen molar-refractivity contribution in [3.05, 3.63) is 21.0 Å². The Morgan fingerprint density at radius 2 is 2.21 bits per heavy atom. The predicted octanol–water partition coefficient (Wildman–Crippen LogP) is 1.99. The lowest BCUT2D eigenvalue weighted by Crippen LogP contribution is -2.26. The summed E-state index contributed by atoms with van der Waals surface area (Å²) in [4.78, 5) is 17.2. The van der Waals surface area contributed by atoms with Gasteiger partial charge in [-0.2, -0.15) is 8.42 Å². The summed E-state index contributed by atoms with van der Waals surface area (Å²) in [6.07, 6.45) is 2.96. The highest BCUT2D eigenvalue weighted by Gasteiger charge is 2.35. The van der Waals surface area contributed by atoms with Gasteiger partial charge in [0.2, 0.25) is 5.91 Å². The third kappa shape index (κ3) is 3.54. The molecule has 5 nitrogen and oxygen atoms in total. The second-order valence-corrected chi connectivity index (χ2v) is 7.21. The van der Waals surface area contributed by atoms with Gasteiger partial charge >= 0.3 is 10.2 Å². The van der Waals surface area contributed by atoms with Gasteiger partial charge in [-0.1, -0.05) is 11.6 Å². The summed E-state index contributed by atoms with van der Waals surface area (Å²) in [6, 6.07) is 0. The van der Waals surface area contributed by atoms with Gasteiger partial charge < -0.3 is 4.90 Å². The zero-order valence-corrected chi connectivity index (χ0v) is 13.2. The van der Waals surface area contributed by atoms with E-state index >= 15 is 0 Å². The van der Waals surface area contributed by atoms with Crippen LogP contribution in [-0.2, 0) is 15.0 Å². The lowest BCUT2D eigenvalue weighted by atomic mass is 10.1. The van der Waals surface area contributed by atoms with Crippen molar-refractivity contribution < 1.29 is 17.1 Å². The van der Waals surface area contributed by atoms with Gasteiger partial charge in [-0.3, -0.25) is 9.78 Å². The molecule has 0 aliphatic carbocycles. The summed E-state index contributed by atoms with van der Waals surface area (Å²) in [5, 5.41) is 0.309. The first-order valence-electron chi connectivity index (χ1n) is 5.29. The van der Waals surface area contributed by atoms with Crippen LogP contribution in [0, 0.1) is 9.49 Å². The van der Waals surface area contributed by atoms with Crippen LogP contribution in [0.15, 0.2) is 12.4 Å². The largest absolute Gasteiger partial charge is 0.310 e. The van der Waals surface area contributed by atoms with Crippen LogP contribution in [0.4, 0.5) is 9.57 Å². The molecule has 2 heterocycles. The number of halogens is 3. The van der Waals surface area contributed by atoms with E-state index in [-0.39, 0.29) is 18.9 Å². The first-order valence-corrected chi connectivity index (χ1v) is 8.30. The number of carbonyl (C=O) groups is 1. The summed E-state index contributed by atoms with van der Waals surface area (Å²) >= 11 is 7.99. The van der Waals surface area contributed by atoms with Gasteiger partial charge in [0.15, 0.2) is 0 Å². The van der Waals surface area contributed by atoms with Crippen LogP contribution in [0.5, 0.6) is 0 Å². The van der Waals surface area contributed by atoms with E-state index in [1.807, 2.05) is 22.6 Å². The number of aromatic nitrogens is 1. The Bertz CT molecular complexity index is 605. The summed E-state index contributed by atoms with van der Waals surface area (Å²) in [5.41, 5.74) is 0.501. The molecule has 1 saturated heterocycles. The molecule has 1 aromatic rings. The Morgan fingerprint density at radius 1 is 1.53 bits per heavy atom. The van der Waals surface area contributed by atoms with Crippen molar-refractivity contribution in [1.29, 1.82) is 0 Å². The van der Waals surface area contributed by atoms with E-state index in [4.69, 9.17) is 11.6 Å². The average molecular weight is 419 g/mol. The molecular weight excluding hydrogens is 410 g/mol. The molecule has 9 heteroatoms. The SMILES string of the molecule is O=C1CC(CS(=O)(=O)F)CN1c1c(Cl)cncc1I. The highest BCUT2D eigenvalue weighted by molar-refractivity contribution is 14.1. The Kier molecular flexibility index (Phi) is 4.31. The van der Waals surface area contributed by atoms with E-state index in [2.05, 4.69) is 4.98 Å². The van der Waals surface area contributed by atoms with Crippen molar-refractivity contribution in [2.24, 2.45) is 5.92 Å². The molecule has 0 N–H and O–H groups in total. The van der Waals surface area contributed by atoms with Gasteiger partial charge in [-0.25, -0.2) is 0 Å². The summed E-state index contributed by atoms with van der Waals surface area (Å²) in [6.45, 7) is 0.141. The number of hydrogen-bond acceptors (Lipinski definition) is 4. The number of nitrogens with zero attached hydrogens (tertiary/aromatic N) is 2. The smallest absolute Gasteiger partial charge is 0.302 e. The number of pyridine rings is 1. The van der Waals surface area contributed by atoms with Crippen molar-refractivity contribution >= 4 is 56.0 Å². The minimum atomic E-state index is -4.58. The normalized spacial score (nSPS) is 20.1. The molecule has 1 aliphatic heterocycles. The molecule has 0 bridgehead atoms. The number of carbonyl (C=O) groups excluding carboxylic acids is 1. The summed E-state index contributed by atoms with van der Waals surface area (Å²) < 4.78 is 34.6. The number of anilines is 1. The van der Waals surface area contributed by atoms with Crippen molar-refractivity contribution in [2.45, 2.75) is 6.42 Å². The van der Waals surface area contributed by atoms with Gasteiger partial charge in [-0.15, -0.1) is 3.89 Å². The van der Waals surface area contributed by atoms with Crippen molar-refractivity contribution in [2.75, 3.05) is 17.2 Å². The maximum absolute atomic E-state index is 12.7. The van der Waals surface area contributed by atoms with Crippen molar-refractivity contribution in [3.8, 4) is 0 Å². The van der Waals surface area contributed by atoms with Crippen LogP contribution in [0.2, 0.25) is 5.02 Å². The zero-order chi connectivity index (χ0) is 14.2. The molecule has 0 aromatic carbocycles. The quantitative estimate of drug-likeness (QED) is 0.556. The number of rotatable bonds is 3. The third-order valence-electron chi connectivity index (χ3n) is 2.74. The summed E-state index contributed by atoms with van der Waals surface area (Å²) in [5.74, 6) is -1.46. The topological polar surface area (TPSA) is 67.3 Å². The molecule has 1 aliphatic rings. The number of amides is 1. The maximum atomic E-state index is 12.7. The second kappa shape index (κ2) is 5.49. The molecule has 1 unspecified atom stereocenters. The lowest BCUT2D eigenvalue weighted by molar-refractivity contribution is -0.117. The van der Waals surface area contributed by atoms with Crippen molar-refractivity contribution in [3.63, 3.8) is 0 Å². The molecule has 0 saturated carbocycles. The average Bonchev–Trinajstić information content (AvgIpc) is 2.56. The Balaban J connectivity index is 2.26.